The number of hydrogen-bond donors (Lipinski definition) is 1. The van der Waals surface area contributed by atoms with Crippen molar-refractivity contribution >= 4 is 50.7 Å². The van der Waals surface area contributed by atoms with E-state index in [9.17, 15) is 18.0 Å². The van der Waals surface area contributed by atoms with Gasteiger partial charge in [-0.3, -0.25) is 13.9 Å². The van der Waals surface area contributed by atoms with Crippen molar-refractivity contribution in [1.82, 2.24) is 10.2 Å². The minimum atomic E-state index is -3.55. The third-order valence-corrected chi connectivity index (χ3v) is 9.16. The van der Waals surface area contributed by atoms with Crippen molar-refractivity contribution in [3.05, 3.63) is 63.6 Å². The topological polar surface area (TPSA) is 86.8 Å². The van der Waals surface area contributed by atoms with E-state index in [4.69, 9.17) is 23.2 Å². The maximum absolute atomic E-state index is 13.7. The zero-order valence-electron chi connectivity index (χ0n) is 23.0. The number of nitrogens with one attached hydrogen (secondary N) is 1. The number of aryl methyl sites for hydroxylation is 1. The molecule has 0 radical (unpaired) electrons. The van der Waals surface area contributed by atoms with Gasteiger partial charge in [-0.05, 0) is 61.9 Å². The zero-order valence-corrected chi connectivity index (χ0v) is 25.3. The van der Waals surface area contributed by atoms with Crippen LogP contribution in [0.5, 0.6) is 0 Å². The van der Waals surface area contributed by atoms with Crippen LogP contribution in [-0.4, -0.2) is 50.0 Å². The minimum absolute atomic E-state index is 0.0638. The van der Waals surface area contributed by atoms with Gasteiger partial charge >= 0.3 is 0 Å². The highest BCUT2D eigenvalue weighted by Crippen LogP contribution is 2.28. The van der Waals surface area contributed by atoms with Crippen molar-refractivity contribution in [2.24, 2.45) is 0 Å². The highest BCUT2D eigenvalue weighted by molar-refractivity contribution is 7.92. The number of amides is 2. The molecule has 0 saturated heterocycles. The summed E-state index contributed by atoms with van der Waals surface area (Å²) in [5, 5.41) is 3.96. The second kappa shape index (κ2) is 14.4. The van der Waals surface area contributed by atoms with Crippen LogP contribution in [0.25, 0.3) is 0 Å². The van der Waals surface area contributed by atoms with Crippen molar-refractivity contribution in [2.45, 2.75) is 83.8 Å². The van der Waals surface area contributed by atoms with Crippen LogP contribution in [-0.2, 0) is 32.6 Å². The maximum atomic E-state index is 13.7. The molecule has 1 atom stereocenters. The van der Waals surface area contributed by atoms with E-state index < -0.39 is 16.1 Å². The number of anilines is 1. The fourth-order valence-electron chi connectivity index (χ4n) is 5.04. The molecule has 10 heteroatoms. The number of halogens is 2. The lowest BCUT2D eigenvalue weighted by atomic mass is 10.1. The Bertz CT molecular complexity index is 1210. The van der Waals surface area contributed by atoms with Crippen LogP contribution in [0.1, 0.15) is 69.9 Å². The highest BCUT2D eigenvalue weighted by atomic mass is 35.5. The molecule has 2 amide bonds. The Hall–Kier alpha value is -2.29. The van der Waals surface area contributed by atoms with Gasteiger partial charge in [0.25, 0.3) is 0 Å². The summed E-state index contributed by atoms with van der Waals surface area (Å²) in [6, 6.07) is 12.0. The number of nitrogens with zero attached hydrogens (tertiary/aromatic N) is 2. The van der Waals surface area contributed by atoms with E-state index in [0.717, 1.165) is 43.9 Å². The summed E-state index contributed by atoms with van der Waals surface area (Å²) in [6.07, 6.45) is 6.82. The Morgan fingerprint density at radius 2 is 1.64 bits per heavy atom. The largest absolute Gasteiger partial charge is 0.352 e. The Kier molecular flexibility index (Phi) is 11.5. The first-order valence-electron chi connectivity index (χ1n) is 13.6. The molecule has 1 saturated carbocycles. The third kappa shape index (κ3) is 8.60. The summed E-state index contributed by atoms with van der Waals surface area (Å²) >= 11 is 12.9. The van der Waals surface area contributed by atoms with E-state index in [2.05, 4.69) is 5.32 Å². The Balaban J connectivity index is 1.79. The van der Waals surface area contributed by atoms with Gasteiger partial charge in [0.2, 0.25) is 21.8 Å². The Morgan fingerprint density at radius 1 is 1.03 bits per heavy atom. The summed E-state index contributed by atoms with van der Waals surface area (Å²) in [4.78, 5) is 28.5. The average Bonchev–Trinajstić information content (AvgIpc) is 3.40. The fourth-order valence-corrected chi connectivity index (χ4v) is 6.52. The number of benzene rings is 2. The molecule has 0 aromatic heterocycles. The molecule has 2 aromatic rings. The second-order valence-electron chi connectivity index (χ2n) is 10.1. The third-order valence-electron chi connectivity index (χ3n) is 7.26. The first-order valence-corrected chi connectivity index (χ1v) is 16.2. The number of sulfonamides is 1. The predicted octanol–water partition coefficient (Wildman–Crippen LogP) is 5.97. The van der Waals surface area contributed by atoms with E-state index in [1.54, 1.807) is 30.3 Å². The van der Waals surface area contributed by atoms with Crippen LogP contribution in [0.15, 0.2) is 42.5 Å². The molecule has 3 rings (SSSR count). The van der Waals surface area contributed by atoms with Crippen molar-refractivity contribution in [1.29, 1.82) is 0 Å². The van der Waals surface area contributed by atoms with Gasteiger partial charge < -0.3 is 10.2 Å². The molecule has 2 aromatic carbocycles. The maximum Gasteiger partial charge on any atom is 0.243 e. The van der Waals surface area contributed by atoms with Gasteiger partial charge in [0.1, 0.15) is 6.04 Å². The van der Waals surface area contributed by atoms with E-state index in [-0.39, 0.29) is 43.8 Å². The molecular weight excluding hydrogens is 557 g/mol. The quantitative estimate of drug-likeness (QED) is 0.309. The van der Waals surface area contributed by atoms with Crippen LogP contribution in [0.3, 0.4) is 0 Å². The van der Waals surface area contributed by atoms with Gasteiger partial charge in [-0.15, -0.1) is 0 Å². The fraction of sp³-hybridized carbons (Fsp3) is 0.517. The molecule has 0 aliphatic heterocycles. The summed E-state index contributed by atoms with van der Waals surface area (Å²) in [7, 11) is -3.55. The SMILES string of the molecule is CCc1ccc(N(CCCC(=O)N(Cc2c(Cl)cccc2Cl)[C@@H](CC)C(=O)NC2CCCC2)S(C)(=O)=O)cc1. The van der Waals surface area contributed by atoms with Crippen LogP contribution >= 0.6 is 23.2 Å². The first-order chi connectivity index (χ1) is 18.5. The van der Waals surface area contributed by atoms with E-state index >= 15 is 0 Å². The van der Waals surface area contributed by atoms with Gasteiger partial charge in [0.15, 0.2) is 0 Å². The van der Waals surface area contributed by atoms with Crippen molar-refractivity contribution < 1.29 is 18.0 Å². The predicted molar refractivity (Wildman–Crippen MR) is 159 cm³/mol. The molecule has 0 bridgehead atoms. The van der Waals surface area contributed by atoms with Crippen molar-refractivity contribution in [3.63, 3.8) is 0 Å². The van der Waals surface area contributed by atoms with E-state index in [0.29, 0.717) is 27.7 Å². The Morgan fingerprint density at radius 3 is 2.18 bits per heavy atom. The van der Waals surface area contributed by atoms with Gasteiger partial charge in [0.05, 0.1) is 11.9 Å². The lowest BCUT2D eigenvalue weighted by Crippen LogP contribution is -2.51. The lowest BCUT2D eigenvalue weighted by Gasteiger charge is -2.32. The molecule has 7 nitrogen and oxygen atoms in total. The van der Waals surface area contributed by atoms with Crippen molar-refractivity contribution in [2.75, 3.05) is 17.1 Å². The molecule has 1 fully saturated rings. The number of carbonyl (C=O) groups excluding carboxylic acids is 2. The molecule has 1 aliphatic carbocycles. The van der Waals surface area contributed by atoms with Crippen LogP contribution in [0.2, 0.25) is 10.0 Å². The number of carbonyl (C=O) groups is 2. The first kappa shape index (κ1) is 31.2. The Labute approximate surface area is 242 Å². The number of rotatable bonds is 13. The summed E-state index contributed by atoms with van der Waals surface area (Å²) in [5.74, 6) is -0.441. The van der Waals surface area contributed by atoms with Gasteiger partial charge in [-0.1, -0.05) is 68.1 Å². The monoisotopic (exact) mass is 595 g/mol. The van der Waals surface area contributed by atoms with E-state index in [1.807, 2.05) is 26.0 Å². The molecule has 0 spiro atoms. The standard InChI is InChI=1S/C29H39Cl2N3O4S/c1-4-21-15-17-23(18-16-21)34(39(3,37)38)19-9-14-28(35)33(20-24-25(30)12-8-13-26(24)31)27(5-2)29(36)32-22-10-6-7-11-22/h8,12-13,15-18,22,27H,4-7,9-11,14,19-20H2,1-3H3,(H,32,36)/t27-/m0/s1. The number of hydrogen-bond acceptors (Lipinski definition) is 4. The molecule has 0 heterocycles. The van der Waals surface area contributed by atoms with Gasteiger partial charge in [0, 0.05) is 41.2 Å². The average molecular weight is 597 g/mol. The highest BCUT2D eigenvalue weighted by Gasteiger charge is 2.31. The van der Waals surface area contributed by atoms with Crippen LogP contribution in [0.4, 0.5) is 5.69 Å². The summed E-state index contributed by atoms with van der Waals surface area (Å²) < 4.78 is 26.5. The molecule has 39 heavy (non-hydrogen) atoms. The molecule has 1 aliphatic rings. The van der Waals surface area contributed by atoms with Crippen LogP contribution in [0, 0.1) is 0 Å². The van der Waals surface area contributed by atoms with E-state index in [1.165, 1.54) is 9.21 Å². The second-order valence-corrected chi connectivity index (χ2v) is 12.8. The van der Waals surface area contributed by atoms with Gasteiger partial charge in [-0.25, -0.2) is 8.42 Å². The summed E-state index contributed by atoms with van der Waals surface area (Å²) in [6.45, 7) is 4.14. The normalized spacial score (nSPS) is 14.7. The van der Waals surface area contributed by atoms with Crippen LogP contribution < -0.4 is 9.62 Å². The molecule has 214 valence electrons. The smallest absolute Gasteiger partial charge is 0.243 e. The lowest BCUT2D eigenvalue weighted by molar-refractivity contribution is -0.141. The zero-order chi connectivity index (χ0) is 28.6. The molecule has 0 unspecified atom stereocenters. The van der Waals surface area contributed by atoms with Crippen molar-refractivity contribution in [3.8, 4) is 0 Å². The molecular formula is C29H39Cl2N3O4S. The summed E-state index contributed by atoms with van der Waals surface area (Å²) in [5.41, 5.74) is 2.25. The molecule has 1 N–H and O–H groups in total. The van der Waals surface area contributed by atoms with Gasteiger partial charge in [-0.2, -0.15) is 0 Å². The minimum Gasteiger partial charge on any atom is -0.352 e.